The van der Waals surface area contributed by atoms with E-state index in [1.165, 1.54) is 43.2 Å². The molecule has 1 aromatic carbocycles. The highest BCUT2D eigenvalue weighted by atomic mass is 15.6. The second-order valence-corrected chi connectivity index (χ2v) is 8.40. The molecule has 1 unspecified atom stereocenters. The van der Waals surface area contributed by atoms with Crippen LogP contribution in [0.5, 0.6) is 0 Å². The molecule has 1 atom stereocenters. The van der Waals surface area contributed by atoms with Crippen LogP contribution < -0.4 is 11.1 Å². The largest absolute Gasteiger partial charge is 0.328 e. The van der Waals surface area contributed by atoms with Gasteiger partial charge in [0, 0.05) is 12.1 Å². The molecule has 6 heteroatoms. The molecular weight excluding hydrogens is 336 g/mol. The molecule has 1 aromatic heterocycles. The summed E-state index contributed by atoms with van der Waals surface area (Å²) in [6.07, 6.45) is 10.6. The number of rotatable bonds is 5. The fraction of sp³-hybridized carbons (Fsp3) is 0.667. The minimum absolute atomic E-state index is 0.0295. The maximum atomic E-state index is 6.11. The standard InChI is InChI=1S/C21H32N6/c1-15-7-9-16(10-8-15)20(23-18-13-11-17(22)12-14-18)21-24-25-26-27(21)19-5-3-2-4-6-19/h7-10,17-20,23H,2-6,11-14,22H2,1H3. The highest BCUT2D eigenvalue weighted by molar-refractivity contribution is 5.28. The van der Waals surface area contributed by atoms with E-state index in [0.29, 0.717) is 18.1 Å². The van der Waals surface area contributed by atoms with Gasteiger partial charge in [0.05, 0.1) is 12.1 Å². The fourth-order valence-corrected chi connectivity index (χ4v) is 4.58. The normalized spacial score (nSPS) is 25.4. The Balaban J connectivity index is 1.61. The van der Waals surface area contributed by atoms with Crippen molar-refractivity contribution in [1.82, 2.24) is 25.5 Å². The zero-order valence-corrected chi connectivity index (χ0v) is 16.3. The summed E-state index contributed by atoms with van der Waals surface area (Å²) in [4.78, 5) is 0. The van der Waals surface area contributed by atoms with Gasteiger partial charge in [-0.3, -0.25) is 0 Å². The molecule has 146 valence electrons. The molecule has 6 nitrogen and oxygen atoms in total. The van der Waals surface area contributed by atoms with Crippen LogP contribution in [0.4, 0.5) is 0 Å². The summed E-state index contributed by atoms with van der Waals surface area (Å²) < 4.78 is 2.10. The van der Waals surface area contributed by atoms with Crippen molar-refractivity contribution < 1.29 is 0 Å². The van der Waals surface area contributed by atoms with Gasteiger partial charge in [0.1, 0.15) is 0 Å². The van der Waals surface area contributed by atoms with Crippen LogP contribution in [0.3, 0.4) is 0 Å². The number of aromatic nitrogens is 4. The summed E-state index contributed by atoms with van der Waals surface area (Å²) in [6, 6.07) is 10.1. The van der Waals surface area contributed by atoms with Gasteiger partial charge in [-0.25, -0.2) is 4.68 Å². The third-order valence-electron chi connectivity index (χ3n) is 6.28. The number of nitrogens with one attached hydrogen (secondary N) is 1. The van der Waals surface area contributed by atoms with Gasteiger partial charge in [0.2, 0.25) is 0 Å². The van der Waals surface area contributed by atoms with Crippen LogP contribution in [0.15, 0.2) is 24.3 Å². The molecular formula is C21H32N6. The van der Waals surface area contributed by atoms with E-state index in [4.69, 9.17) is 5.73 Å². The summed E-state index contributed by atoms with van der Waals surface area (Å²) >= 11 is 0. The van der Waals surface area contributed by atoms with Crippen LogP contribution in [0.1, 0.15) is 86.8 Å². The lowest BCUT2D eigenvalue weighted by Gasteiger charge is -2.31. The summed E-state index contributed by atoms with van der Waals surface area (Å²) in [5.41, 5.74) is 8.62. The first-order valence-electron chi connectivity index (χ1n) is 10.6. The monoisotopic (exact) mass is 368 g/mol. The number of tetrazole rings is 1. The summed E-state index contributed by atoms with van der Waals surface area (Å²) in [5, 5.41) is 16.8. The maximum absolute atomic E-state index is 6.11. The van der Waals surface area contributed by atoms with Gasteiger partial charge in [0.25, 0.3) is 0 Å². The van der Waals surface area contributed by atoms with Crippen LogP contribution in [0.25, 0.3) is 0 Å². The number of nitrogens with zero attached hydrogens (tertiary/aromatic N) is 4. The van der Waals surface area contributed by atoms with Gasteiger partial charge < -0.3 is 11.1 Å². The van der Waals surface area contributed by atoms with Crippen molar-refractivity contribution in [3.05, 3.63) is 41.2 Å². The van der Waals surface area contributed by atoms with Crippen molar-refractivity contribution in [3.63, 3.8) is 0 Å². The molecule has 0 bridgehead atoms. The Morgan fingerprint density at radius 1 is 1.00 bits per heavy atom. The average molecular weight is 369 g/mol. The molecule has 2 fully saturated rings. The molecule has 4 rings (SSSR count). The number of aryl methyl sites for hydroxylation is 1. The van der Waals surface area contributed by atoms with Gasteiger partial charge in [-0.15, -0.1) is 5.10 Å². The Morgan fingerprint density at radius 2 is 1.70 bits per heavy atom. The first-order chi connectivity index (χ1) is 13.2. The first-order valence-corrected chi connectivity index (χ1v) is 10.6. The van der Waals surface area contributed by atoms with E-state index >= 15 is 0 Å². The molecule has 2 aromatic rings. The average Bonchev–Trinajstić information content (AvgIpc) is 3.19. The molecule has 0 aliphatic heterocycles. The maximum Gasteiger partial charge on any atom is 0.173 e. The number of hydrogen-bond donors (Lipinski definition) is 2. The predicted molar refractivity (Wildman–Crippen MR) is 106 cm³/mol. The van der Waals surface area contributed by atoms with E-state index in [9.17, 15) is 0 Å². The lowest BCUT2D eigenvalue weighted by atomic mass is 9.90. The van der Waals surface area contributed by atoms with Gasteiger partial charge in [-0.2, -0.15) is 0 Å². The molecule has 0 saturated heterocycles. The summed E-state index contributed by atoms with van der Waals surface area (Å²) in [6.45, 7) is 2.13. The molecule has 0 spiro atoms. The molecule has 3 N–H and O–H groups in total. The minimum atomic E-state index is 0.0295. The van der Waals surface area contributed by atoms with E-state index in [1.807, 2.05) is 0 Å². The quantitative estimate of drug-likeness (QED) is 0.845. The van der Waals surface area contributed by atoms with E-state index in [-0.39, 0.29) is 6.04 Å². The Labute approximate surface area is 161 Å². The van der Waals surface area contributed by atoms with Gasteiger partial charge >= 0.3 is 0 Å². The lowest BCUT2D eigenvalue weighted by Crippen LogP contribution is -2.40. The van der Waals surface area contributed by atoms with Crippen LogP contribution in [-0.4, -0.2) is 32.3 Å². The van der Waals surface area contributed by atoms with E-state index in [2.05, 4.69) is 56.7 Å². The molecule has 2 aliphatic carbocycles. The highest BCUT2D eigenvalue weighted by Crippen LogP contribution is 2.31. The zero-order valence-electron chi connectivity index (χ0n) is 16.3. The van der Waals surface area contributed by atoms with Crippen LogP contribution >= 0.6 is 0 Å². The van der Waals surface area contributed by atoms with Gasteiger partial charge in [0.15, 0.2) is 5.82 Å². The third-order valence-corrected chi connectivity index (χ3v) is 6.28. The van der Waals surface area contributed by atoms with Crippen molar-refractivity contribution >= 4 is 0 Å². The first kappa shape index (κ1) is 18.6. The smallest absolute Gasteiger partial charge is 0.173 e. The molecule has 0 amide bonds. The van der Waals surface area contributed by atoms with Crippen LogP contribution in [0, 0.1) is 6.92 Å². The van der Waals surface area contributed by atoms with Crippen LogP contribution in [-0.2, 0) is 0 Å². The third kappa shape index (κ3) is 4.38. The van der Waals surface area contributed by atoms with E-state index in [1.54, 1.807) is 0 Å². The van der Waals surface area contributed by atoms with Gasteiger partial charge in [-0.1, -0.05) is 49.1 Å². The van der Waals surface area contributed by atoms with Crippen molar-refractivity contribution in [2.45, 2.75) is 88.9 Å². The molecule has 0 radical (unpaired) electrons. The number of benzene rings is 1. The summed E-state index contributed by atoms with van der Waals surface area (Å²) in [5.74, 6) is 0.959. The van der Waals surface area contributed by atoms with Gasteiger partial charge in [-0.05, 0) is 61.4 Å². The van der Waals surface area contributed by atoms with E-state index < -0.39 is 0 Å². The van der Waals surface area contributed by atoms with E-state index in [0.717, 1.165) is 31.5 Å². The number of hydrogen-bond acceptors (Lipinski definition) is 5. The van der Waals surface area contributed by atoms with Crippen LogP contribution in [0.2, 0.25) is 0 Å². The Bertz CT molecular complexity index is 711. The predicted octanol–water partition coefficient (Wildman–Crippen LogP) is 3.44. The molecule has 2 aliphatic rings. The molecule has 2 saturated carbocycles. The second kappa shape index (κ2) is 8.48. The second-order valence-electron chi connectivity index (χ2n) is 8.40. The van der Waals surface area contributed by atoms with Crippen molar-refractivity contribution in [1.29, 1.82) is 0 Å². The molecule has 27 heavy (non-hydrogen) atoms. The Morgan fingerprint density at radius 3 is 2.41 bits per heavy atom. The van der Waals surface area contributed by atoms with Crippen molar-refractivity contribution in [3.8, 4) is 0 Å². The molecule has 1 heterocycles. The zero-order chi connectivity index (χ0) is 18.6. The van der Waals surface area contributed by atoms with Crippen molar-refractivity contribution in [2.24, 2.45) is 5.73 Å². The lowest BCUT2D eigenvalue weighted by molar-refractivity contribution is 0.293. The topological polar surface area (TPSA) is 81.7 Å². The Hall–Kier alpha value is -1.79. The highest BCUT2D eigenvalue weighted by Gasteiger charge is 2.29. The Kier molecular flexibility index (Phi) is 5.83. The number of nitrogens with two attached hydrogens (primary N) is 1. The minimum Gasteiger partial charge on any atom is -0.328 e. The SMILES string of the molecule is Cc1ccc(C(NC2CCC(N)CC2)c2nnnn2C2CCCCC2)cc1. The fourth-order valence-electron chi connectivity index (χ4n) is 4.58. The van der Waals surface area contributed by atoms with Crippen molar-refractivity contribution in [2.75, 3.05) is 0 Å². The summed E-state index contributed by atoms with van der Waals surface area (Å²) in [7, 11) is 0.